The Bertz CT molecular complexity index is 1000. The molecule has 4 rings (SSSR count). The van der Waals surface area contributed by atoms with Crippen molar-refractivity contribution in [3.8, 4) is 0 Å². The van der Waals surface area contributed by atoms with Crippen molar-refractivity contribution in [1.29, 1.82) is 0 Å². The summed E-state index contributed by atoms with van der Waals surface area (Å²) in [7, 11) is 0. The van der Waals surface area contributed by atoms with E-state index in [0.29, 0.717) is 0 Å². The fourth-order valence-electron chi connectivity index (χ4n) is 3.30. The fraction of sp³-hybridized carbons (Fsp3) is 0.400. The third-order valence-electron chi connectivity index (χ3n) is 4.77. The summed E-state index contributed by atoms with van der Waals surface area (Å²) in [5, 5.41) is 11.4. The lowest BCUT2D eigenvalue weighted by Crippen LogP contribution is -2.27. The topological polar surface area (TPSA) is 89.1 Å². The van der Waals surface area contributed by atoms with E-state index in [9.17, 15) is 13.2 Å². The van der Waals surface area contributed by atoms with E-state index in [1.165, 1.54) is 11.5 Å². The molecule has 8 nitrogen and oxygen atoms in total. The summed E-state index contributed by atoms with van der Waals surface area (Å²) in [5.41, 5.74) is 3.45. The molecule has 0 amide bonds. The molecule has 0 aromatic carbocycles. The first-order valence-corrected chi connectivity index (χ1v) is 9.68. The van der Waals surface area contributed by atoms with Crippen molar-refractivity contribution in [1.82, 2.24) is 29.2 Å². The predicted molar refractivity (Wildman–Crippen MR) is 105 cm³/mol. The largest absolute Gasteiger partial charge is 0.490 e. The van der Waals surface area contributed by atoms with Gasteiger partial charge in [0.05, 0.1) is 24.1 Å². The van der Waals surface area contributed by atoms with Crippen LogP contribution >= 0.6 is 0 Å². The van der Waals surface area contributed by atoms with E-state index in [2.05, 4.69) is 36.7 Å². The van der Waals surface area contributed by atoms with Crippen LogP contribution in [0, 0.1) is 6.92 Å². The van der Waals surface area contributed by atoms with Crippen molar-refractivity contribution in [2.24, 2.45) is 0 Å². The molecule has 3 aromatic rings. The number of aromatic nitrogens is 5. The summed E-state index contributed by atoms with van der Waals surface area (Å²) in [6.07, 6.45) is 1.70. The lowest BCUT2D eigenvalue weighted by atomic mass is 10.3. The van der Waals surface area contributed by atoms with Crippen LogP contribution in [0.2, 0.25) is 0 Å². The number of carbonyl (C=O) groups is 1. The molecule has 0 aliphatic carbocycles. The van der Waals surface area contributed by atoms with Crippen molar-refractivity contribution < 1.29 is 23.1 Å². The van der Waals surface area contributed by atoms with E-state index in [1.54, 1.807) is 0 Å². The number of hydrogen-bond donors (Lipinski definition) is 1. The second-order valence-electron chi connectivity index (χ2n) is 7.12. The highest BCUT2D eigenvalue weighted by Gasteiger charge is 2.38. The Morgan fingerprint density at radius 3 is 2.58 bits per heavy atom. The molecule has 0 saturated heterocycles. The molecule has 3 aromatic heterocycles. The molecule has 0 fully saturated rings. The number of carboxylic acid groups (broad SMARTS) is 1. The van der Waals surface area contributed by atoms with Crippen LogP contribution in [0.5, 0.6) is 0 Å². The highest BCUT2D eigenvalue weighted by atomic mass is 19.4. The van der Waals surface area contributed by atoms with Crippen LogP contribution in [-0.2, 0) is 30.8 Å². The van der Waals surface area contributed by atoms with E-state index in [4.69, 9.17) is 9.90 Å². The van der Waals surface area contributed by atoms with Crippen molar-refractivity contribution in [3.63, 3.8) is 0 Å². The highest BCUT2D eigenvalue weighted by molar-refractivity contribution is 5.73. The van der Waals surface area contributed by atoms with Crippen LogP contribution in [0.15, 0.2) is 42.9 Å². The van der Waals surface area contributed by atoms with Gasteiger partial charge in [-0.25, -0.2) is 9.78 Å². The molecule has 0 radical (unpaired) electrons. The molecule has 4 heterocycles. The first-order chi connectivity index (χ1) is 14.7. The zero-order valence-electron chi connectivity index (χ0n) is 17.0. The number of nitrogens with zero attached hydrogens (tertiary/aromatic N) is 6. The SMILES string of the molecule is Cc1cccc(CN2CCc3ncc(Cn4cccn4)n3CC2)n1.O=C(O)C(F)(F)F. The van der Waals surface area contributed by atoms with Crippen LogP contribution in [-0.4, -0.2) is 59.6 Å². The molecule has 1 aliphatic rings. The third kappa shape index (κ3) is 6.38. The van der Waals surface area contributed by atoms with E-state index in [0.717, 1.165) is 50.5 Å². The zero-order chi connectivity index (χ0) is 22.4. The van der Waals surface area contributed by atoms with E-state index in [-0.39, 0.29) is 0 Å². The Morgan fingerprint density at radius 1 is 1.16 bits per heavy atom. The van der Waals surface area contributed by atoms with Gasteiger partial charge in [-0.3, -0.25) is 14.6 Å². The van der Waals surface area contributed by atoms with Crippen molar-refractivity contribution >= 4 is 5.97 Å². The molecular weight excluding hydrogens is 413 g/mol. The van der Waals surface area contributed by atoms with Gasteiger partial charge in [-0.2, -0.15) is 18.3 Å². The maximum atomic E-state index is 10.6. The number of pyridine rings is 1. The summed E-state index contributed by atoms with van der Waals surface area (Å²) in [6.45, 7) is 6.74. The zero-order valence-corrected chi connectivity index (χ0v) is 17.0. The number of carboxylic acids is 1. The molecule has 31 heavy (non-hydrogen) atoms. The monoisotopic (exact) mass is 436 g/mol. The van der Waals surface area contributed by atoms with Gasteiger partial charge in [0, 0.05) is 50.7 Å². The van der Waals surface area contributed by atoms with E-state index >= 15 is 0 Å². The van der Waals surface area contributed by atoms with Crippen LogP contribution < -0.4 is 0 Å². The average molecular weight is 436 g/mol. The number of rotatable bonds is 4. The van der Waals surface area contributed by atoms with E-state index in [1.807, 2.05) is 42.3 Å². The average Bonchev–Trinajstić information content (AvgIpc) is 3.30. The van der Waals surface area contributed by atoms with Gasteiger partial charge in [0.25, 0.3) is 0 Å². The van der Waals surface area contributed by atoms with Crippen LogP contribution in [0.25, 0.3) is 0 Å². The van der Waals surface area contributed by atoms with Gasteiger partial charge < -0.3 is 9.67 Å². The molecular formula is C20H23F3N6O2. The molecule has 11 heteroatoms. The van der Waals surface area contributed by atoms with Gasteiger partial charge in [0.1, 0.15) is 5.82 Å². The van der Waals surface area contributed by atoms with Gasteiger partial charge >= 0.3 is 12.1 Å². The Labute approximate surface area is 177 Å². The smallest absolute Gasteiger partial charge is 0.475 e. The first kappa shape index (κ1) is 22.5. The maximum Gasteiger partial charge on any atom is 0.490 e. The number of halogens is 3. The summed E-state index contributed by atoms with van der Waals surface area (Å²) in [6, 6.07) is 8.20. The summed E-state index contributed by atoms with van der Waals surface area (Å²) in [5.74, 6) is -1.58. The summed E-state index contributed by atoms with van der Waals surface area (Å²) in [4.78, 5) is 20.6. The van der Waals surface area contributed by atoms with Gasteiger partial charge in [-0.1, -0.05) is 6.07 Å². The molecule has 1 aliphatic heterocycles. The number of alkyl halides is 3. The second-order valence-corrected chi connectivity index (χ2v) is 7.12. The lowest BCUT2D eigenvalue weighted by Gasteiger charge is -2.19. The molecule has 1 N–H and O–H groups in total. The maximum absolute atomic E-state index is 10.6. The molecule has 166 valence electrons. The summed E-state index contributed by atoms with van der Waals surface area (Å²) < 4.78 is 36.0. The minimum atomic E-state index is -5.08. The van der Waals surface area contributed by atoms with Gasteiger partial charge in [0.2, 0.25) is 0 Å². The number of aryl methyl sites for hydroxylation is 1. The first-order valence-electron chi connectivity index (χ1n) is 9.68. The minimum Gasteiger partial charge on any atom is -0.475 e. The summed E-state index contributed by atoms with van der Waals surface area (Å²) >= 11 is 0. The van der Waals surface area contributed by atoms with Crippen molar-refractivity contribution in [2.75, 3.05) is 13.1 Å². The van der Waals surface area contributed by atoms with Gasteiger partial charge in [-0.15, -0.1) is 0 Å². The molecule has 0 unspecified atom stereocenters. The van der Waals surface area contributed by atoms with Crippen molar-refractivity contribution in [2.45, 2.75) is 39.2 Å². The Balaban J connectivity index is 0.000000339. The lowest BCUT2D eigenvalue weighted by molar-refractivity contribution is -0.192. The number of aliphatic carboxylic acids is 1. The normalized spacial score (nSPS) is 14.3. The fourth-order valence-corrected chi connectivity index (χ4v) is 3.30. The molecule has 0 bridgehead atoms. The quantitative estimate of drug-likeness (QED) is 0.676. The second kappa shape index (κ2) is 9.73. The predicted octanol–water partition coefficient (Wildman–Crippen LogP) is 2.52. The van der Waals surface area contributed by atoms with Crippen LogP contribution in [0.4, 0.5) is 13.2 Å². The Morgan fingerprint density at radius 2 is 1.94 bits per heavy atom. The van der Waals surface area contributed by atoms with Crippen LogP contribution in [0.1, 0.15) is 22.9 Å². The number of fused-ring (bicyclic) bond motifs is 1. The Hall–Kier alpha value is -3.21. The minimum absolute atomic E-state index is 0.777. The number of hydrogen-bond acceptors (Lipinski definition) is 5. The Kier molecular flexibility index (Phi) is 7.06. The molecule has 0 saturated carbocycles. The van der Waals surface area contributed by atoms with Crippen LogP contribution in [0.3, 0.4) is 0 Å². The molecule has 0 atom stereocenters. The standard InChI is InChI=1S/C18H22N6.C2HF3O2/c1-15-4-2-5-16(21-15)13-22-9-6-18-19-12-17(24(18)11-10-22)14-23-8-3-7-20-23;3-2(4,5)1(6)7/h2-5,7-8,12H,6,9-11,13-14H2,1H3;(H,6,7). The van der Waals surface area contributed by atoms with Crippen molar-refractivity contribution in [3.05, 3.63) is 65.8 Å². The third-order valence-corrected chi connectivity index (χ3v) is 4.77. The number of imidazole rings is 1. The molecule has 0 spiro atoms. The highest BCUT2D eigenvalue weighted by Crippen LogP contribution is 2.15. The van der Waals surface area contributed by atoms with Gasteiger partial charge in [-0.05, 0) is 25.1 Å². The van der Waals surface area contributed by atoms with Gasteiger partial charge in [0.15, 0.2) is 0 Å². The van der Waals surface area contributed by atoms with E-state index < -0.39 is 12.1 Å².